The molecule has 3 rings (SSSR count). The number of fused-ring (bicyclic) bond motifs is 1. The van der Waals surface area contributed by atoms with E-state index in [1.54, 1.807) is 42.1 Å². The van der Waals surface area contributed by atoms with Crippen LogP contribution in [0.2, 0.25) is 0 Å². The Bertz CT molecular complexity index is 789. The molecule has 2 heterocycles. The average Bonchev–Trinajstić information content (AvgIpc) is 3.01. The monoisotopic (exact) mass is 300 g/mol. The summed E-state index contributed by atoms with van der Waals surface area (Å²) in [6.07, 6.45) is 4.95. The van der Waals surface area contributed by atoms with Gasteiger partial charge in [0.1, 0.15) is 5.01 Å². The topological polar surface area (TPSA) is 81.0 Å². The van der Waals surface area contributed by atoms with Crippen LogP contribution < -0.4 is 5.32 Å². The van der Waals surface area contributed by atoms with Crippen molar-refractivity contribution in [3.05, 3.63) is 57.3 Å². The van der Waals surface area contributed by atoms with Crippen LogP contribution in [0.15, 0.2) is 42.2 Å². The summed E-state index contributed by atoms with van der Waals surface area (Å²) in [6.45, 7) is 2.00. The maximum atomic E-state index is 11.1. The molecule has 1 aromatic carbocycles. The van der Waals surface area contributed by atoms with Crippen LogP contribution in [0.1, 0.15) is 18.0 Å². The second kappa shape index (κ2) is 5.45. The molecule has 0 aliphatic heterocycles. The average molecular weight is 300 g/mol. The maximum Gasteiger partial charge on any atom is 0.277 e. The van der Waals surface area contributed by atoms with Crippen molar-refractivity contribution in [2.75, 3.05) is 5.32 Å². The Morgan fingerprint density at radius 1 is 1.29 bits per heavy atom. The molecule has 0 radical (unpaired) electrons. The van der Waals surface area contributed by atoms with Gasteiger partial charge in [0.15, 0.2) is 0 Å². The largest absolute Gasteiger partial charge is 0.376 e. The lowest BCUT2D eigenvalue weighted by Crippen LogP contribution is -2.06. The molecule has 0 aliphatic carbocycles. The molecule has 0 aliphatic rings. The Hall–Kier alpha value is -2.54. The first-order chi connectivity index (χ1) is 10.2. The third-order valence-electron chi connectivity index (χ3n) is 3.19. The van der Waals surface area contributed by atoms with Gasteiger partial charge in [0.25, 0.3) is 5.69 Å². The van der Waals surface area contributed by atoms with Gasteiger partial charge >= 0.3 is 0 Å². The zero-order valence-electron chi connectivity index (χ0n) is 11.2. The fourth-order valence-electron chi connectivity index (χ4n) is 2.20. The van der Waals surface area contributed by atoms with E-state index in [2.05, 4.69) is 15.3 Å². The Kier molecular flexibility index (Phi) is 3.49. The minimum Gasteiger partial charge on any atom is -0.376 e. The maximum absolute atomic E-state index is 11.1. The van der Waals surface area contributed by atoms with E-state index in [9.17, 15) is 10.1 Å². The summed E-state index contributed by atoms with van der Waals surface area (Å²) in [5, 5.41) is 18.6. The van der Waals surface area contributed by atoms with Crippen LogP contribution in [0.3, 0.4) is 0 Å². The molecule has 0 bridgehead atoms. The second-order valence-electron chi connectivity index (χ2n) is 4.55. The number of aromatic nitrogens is 2. The number of benzene rings is 1. The van der Waals surface area contributed by atoms with E-state index in [0.29, 0.717) is 5.39 Å². The van der Waals surface area contributed by atoms with E-state index in [0.717, 1.165) is 16.1 Å². The molecule has 0 saturated heterocycles. The Labute approximate surface area is 124 Å². The zero-order chi connectivity index (χ0) is 14.8. The van der Waals surface area contributed by atoms with Crippen molar-refractivity contribution in [1.82, 2.24) is 9.97 Å². The van der Waals surface area contributed by atoms with Gasteiger partial charge in [0.05, 0.1) is 16.4 Å². The number of nitro groups is 1. The number of rotatable bonds is 4. The highest BCUT2D eigenvalue weighted by atomic mass is 32.1. The van der Waals surface area contributed by atoms with Crippen molar-refractivity contribution < 1.29 is 4.92 Å². The fourth-order valence-corrected chi connectivity index (χ4v) is 2.85. The molecule has 1 unspecified atom stereocenters. The van der Waals surface area contributed by atoms with Gasteiger partial charge in [-0.3, -0.25) is 15.1 Å². The number of non-ortho nitro benzene ring substituents is 1. The van der Waals surface area contributed by atoms with Crippen molar-refractivity contribution in [1.29, 1.82) is 0 Å². The van der Waals surface area contributed by atoms with Crippen LogP contribution >= 0.6 is 11.3 Å². The minimum absolute atomic E-state index is 0.0230. The number of anilines is 1. The molecule has 6 nitrogen and oxygen atoms in total. The first kappa shape index (κ1) is 13.4. The highest BCUT2D eigenvalue weighted by Gasteiger charge is 2.16. The van der Waals surface area contributed by atoms with Gasteiger partial charge in [-0.15, -0.1) is 11.3 Å². The fraction of sp³-hybridized carbons (Fsp3) is 0.143. The Balaban J connectivity index is 2.04. The summed E-state index contributed by atoms with van der Waals surface area (Å²) in [5.41, 5.74) is 0.895. The van der Waals surface area contributed by atoms with Gasteiger partial charge in [-0.2, -0.15) is 0 Å². The van der Waals surface area contributed by atoms with Crippen LogP contribution in [0.25, 0.3) is 10.8 Å². The number of nitrogens with zero attached hydrogens (tertiary/aromatic N) is 3. The molecule has 7 heteroatoms. The predicted octanol–water partition coefficient (Wildman–Crippen LogP) is 3.77. The molecular weight excluding hydrogens is 288 g/mol. The first-order valence-corrected chi connectivity index (χ1v) is 7.22. The molecule has 0 saturated carbocycles. The number of pyridine rings is 1. The second-order valence-corrected chi connectivity index (χ2v) is 5.47. The van der Waals surface area contributed by atoms with Crippen LogP contribution in [-0.2, 0) is 0 Å². The molecule has 106 valence electrons. The van der Waals surface area contributed by atoms with Crippen LogP contribution in [0, 0.1) is 10.1 Å². The Morgan fingerprint density at radius 2 is 2.14 bits per heavy atom. The van der Waals surface area contributed by atoms with E-state index >= 15 is 0 Å². The van der Waals surface area contributed by atoms with Gasteiger partial charge in [-0.05, 0) is 19.1 Å². The van der Waals surface area contributed by atoms with E-state index in [4.69, 9.17) is 0 Å². The van der Waals surface area contributed by atoms with Gasteiger partial charge in [-0.1, -0.05) is 0 Å². The first-order valence-electron chi connectivity index (χ1n) is 6.34. The van der Waals surface area contributed by atoms with Gasteiger partial charge in [0, 0.05) is 41.1 Å². The Morgan fingerprint density at radius 3 is 2.86 bits per heavy atom. The standard InChI is InChI=1S/C14H12N4O2S/c1-9(14-16-6-7-21-14)17-12-2-3-13(18(19)20)10-4-5-15-8-11(10)12/h2-9,17H,1H3. The lowest BCUT2D eigenvalue weighted by atomic mass is 10.1. The minimum atomic E-state index is -0.379. The van der Waals surface area contributed by atoms with Crippen molar-refractivity contribution in [3.63, 3.8) is 0 Å². The van der Waals surface area contributed by atoms with E-state index in [1.165, 1.54) is 6.07 Å². The van der Waals surface area contributed by atoms with Crippen molar-refractivity contribution in [2.24, 2.45) is 0 Å². The SMILES string of the molecule is CC(Nc1ccc([N+](=O)[O-])c2ccncc12)c1nccs1. The summed E-state index contributed by atoms with van der Waals surface area (Å²) in [4.78, 5) is 19.1. The van der Waals surface area contributed by atoms with Gasteiger partial charge in [0.2, 0.25) is 0 Å². The summed E-state index contributed by atoms with van der Waals surface area (Å²) in [7, 11) is 0. The molecule has 21 heavy (non-hydrogen) atoms. The molecule has 3 aromatic rings. The quantitative estimate of drug-likeness (QED) is 0.586. The van der Waals surface area contributed by atoms with Crippen LogP contribution in [0.4, 0.5) is 11.4 Å². The van der Waals surface area contributed by atoms with Gasteiger partial charge < -0.3 is 5.32 Å². The number of nitrogens with one attached hydrogen (secondary N) is 1. The number of thiazole rings is 1. The lowest BCUT2D eigenvalue weighted by Gasteiger charge is -2.14. The number of hydrogen-bond acceptors (Lipinski definition) is 6. The van der Waals surface area contributed by atoms with Crippen molar-refractivity contribution in [2.45, 2.75) is 13.0 Å². The van der Waals surface area contributed by atoms with Gasteiger partial charge in [-0.25, -0.2) is 4.98 Å². The van der Waals surface area contributed by atoms with Crippen LogP contribution in [-0.4, -0.2) is 14.9 Å². The van der Waals surface area contributed by atoms with Crippen LogP contribution in [0.5, 0.6) is 0 Å². The molecule has 0 amide bonds. The molecular formula is C14H12N4O2S. The van der Waals surface area contributed by atoms with Crippen molar-refractivity contribution in [3.8, 4) is 0 Å². The zero-order valence-corrected chi connectivity index (χ0v) is 12.0. The predicted molar refractivity (Wildman–Crippen MR) is 82.5 cm³/mol. The smallest absolute Gasteiger partial charge is 0.277 e. The summed E-state index contributed by atoms with van der Waals surface area (Å²) < 4.78 is 0. The molecule has 1 atom stereocenters. The third-order valence-corrected chi connectivity index (χ3v) is 4.14. The molecule has 0 spiro atoms. The number of hydrogen-bond donors (Lipinski definition) is 1. The highest BCUT2D eigenvalue weighted by Crippen LogP contribution is 2.32. The highest BCUT2D eigenvalue weighted by molar-refractivity contribution is 7.09. The summed E-state index contributed by atoms with van der Waals surface area (Å²) >= 11 is 1.57. The normalized spacial score (nSPS) is 12.2. The molecule has 1 N–H and O–H groups in total. The van der Waals surface area contributed by atoms with E-state index < -0.39 is 0 Å². The van der Waals surface area contributed by atoms with E-state index in [-0.39, 0.29) is 16.7 Å². The molecule has 0 fully saturated rings. The summed E-state index contributed by atoms with van der Waals surface area (Å²) in [6, 6.07) is 4.91. The number of nitro benzene ring substituents is 1. The third kappa shape index (κ3) is 2.55. The molecule has 2 aromatic heterocycles. The lowest BCUT2D eigenvalue weighted by molar-refractivity contribution is -0.383. The summed E-state index contributed by atoms with van der Waals surface area (Å²) in [5.74, 6) is 0. The van der Waals surface area contributed by atoms with Crippen molar-refractivity contribution >= 4 is 33.5 Å². The van der Waals surface area contributed by atoms with E-state index in [1.807, 2.05) is 12.3 Å².